The van der Waals surface area contributed by atoms with E-state index in [0.29, 0.717) is 12.8 Å². The Morgan fingerprint density at radius 1 is 0.857 bits per heavy atom. The zero-order valence-electron chi connectivity index (χ0n) is 28.8. The molecule has 1 saturated carbocycles. The summed E-state index contributed by atoms with van der Waals surface area (Å²) in [6.07, 6.45) is 4.48. The van der Waals surface area contributed by atoms with Gasteiger partial charge in [0, 0.05) is 31.0 Å². The molecule has 0 spiro atoms. The Morgan fingerprint density at radius 2 is 1.47 bits per heavy atom. The molecule has 0 saturated heterocycles. The predicted octanol–water partition coefficient (Wildman–Crippen LogP) is 7.77. The smallest absolute Gasteiger partial charge is 0.231 e. The van der Waals surface area contributed by atoms with Crippen LogP contribution >= 0.6 is 0 Å². The molecule has 1 aliphatic carbocycles. The number of rotatable bonds is 17. The zero-order chi connectivity index (χ0) is 35.2. The summed E-state index contributed by atoms with van der Waals surface area (Å²) in [5, 5.41) is 11.7. The number of aliphatic hydroxyl groups is 1. The standard InChI is InChI=1S/C41H47NO6S/c1-29(31-14-9-6-10-15-31)22-39(44)33-24-34(26-36(25-33)42(2)49(4,46)47)40(45)27-32(23-30-12-7-5-8-13-30)38(43)18-19-41(20-21-41)35-16-11-17-37(28-35)48-3/h5-17,24-26,28-29,32,38,43H,18-23,27H2,1-4H3/t29-,32+,38+/m0/s1. The van der Waals surface area contributed by atoms with E-state index in [1.54, 1.807) is 19.2 Å². The number of anilines is 1. The average Bonchev–Trinajstić information content (AvgIpc) is 3.91. The van der Waals surface area contributed by atoms with Crippen LogP contribution in [0.3, 0.4) is 0 Å². The molecule has 7 nitrogen and oxygen atoms in total. The molecule has 1 aliphatic rings. The van der Waals surface area contributed by atoms with Crippen LogP contribution in [-0.4, -0.2) is 51.6 Å². The number of sulfonamides is 1. The van der Waals surface area contributed by atoms with Gasteiger partial charge in [0.15, 0.2) is 11.6 Å². The van der Waals surface area contributed by atoms with E-state index >= 15 is 0 Å². The second kappa shape index (κ2) is 15.5. The van der Waals surface area contributed by atoms with Gasteiger partial charge in [0.1, 0.15) is 5.75 Å². The van der Waals surface area contributed by atoms with Crippen LogP contribution in [0.4, 0.5) is 5.69 Å². The Kier molecular flexibility index (Phi) is 11.4. The highest BCUT2D eigenvalue weighted by Crippen LogP contribution is 2.52. The van der Waals surface area contributed by atoms with E-state index in [9.17, 15) is 23.1 Å². The number of methoxy groups -OCH3 is 1. The number of benzene rings is 4. The lowest BCUT2D eigenvalue weighted by Gasteiger charge is -2.26. The van der Waals surface area contributed by atoms with Crippen molar-refractivity contribution in [1.29, 1.82) is 0 Å². The fraction of sp³-hybridized carbons (Fsp3) is 0.366. The molecule has 0 heterocycles. The highest BCUT2D eigenvalue weighted by Gasteiger charge is 2.44. The third-order valence-corrected chi connectivity index (χ3v) is 11.3. The van der Waals surface area contributed by atoms with Gasteiger partial charge in [-0.1, -0.05) is 79.7 Å². The molecule has 0 radical (unpaired) electrons. The Morgan fingerprint density at radius 3 is 2.06 bits per heavy atom. The van der Waals surface area contributed by atoms with Gasteiger partial charge >= 0.3 is 0 Å². The number of aliphatic hydroxyl groups excluding tert-OH is 1. The van der Waals surface area contributed by atoms with Crippen molar-refractivity contribution in [2.75, 3.05) is 24.7 Å². The molecule has 0 aromatic heterocycles. The summed E-state index contributed by atoms with van der Waals surface area (Å²) in [5.41, 5.74) is 4.03. The van der Waals surface area contributed by atoms with Crippen molar-refractivity contribution in [1.82, 2.24) is 0 Å². The van der Waals surface area contributed by atoms with Crippen LogP contribution in [0.2, 0.25) is 0 Å². The number of ketones is 2. The summed E-state index contributed by atoms with van der Waals surface area (Å²) >= 11 is 0. The van der Waals surface area contributed by atoms with Gasteiger partial charge in [-0.3, -0.25) is 13.9 Å². The number of hydrogen-bond donors (Lipinski definition) is 1. The summed E-state index contributed by atoms with van der Waals surface area (Å²) in [5.74, 6) is -0.0658. The third kappa shape index (κ3) is 9.25. The zero-order valence-corrected chi connectivity index (χ0v) is 29.7. The molecule has 49 heavy (non-hydrogen) atoms. The molecule has 5 rings (SSSR count). The van der Waals surface area contributed by atoms with Crippen molar-refractivity contribution in [3.63, 3.8) is 0 Å². The van der Waals surface area contributed by atoms with Crippen molar-refractivity contribution in [3.8, 4) is 5.75 Å². The predicted molar refractivity (Wildman–Crippen MR) is 195 cm³/mol. The summed E-state index contributed by atoms with van der Waals surface area (Å²) in [6, 6.07) is 32.3. The van der Waals surface area contributed by atoms with Crippen molar-refractivity contribution < 1.29 is 27.9 Å². The first-order valence-electron chi connectivity index (χ1n) is 17.0. The monoisotopic (exact) mass is 681 g/mol. The average molecular weight is 682 g/mol. The first-order valence-corrected chi connectivity index (χ1v) is 18.8. The highest BCUT2D eigenvalue weighted by molar-refractivity contribution is 7.92. The second-order valence-corrected chi connectivity index (χ2v) is 15.6. The van der Waals surface area contributed by atoms with Crippen molar-refractivity contribution >= 4 is 27.3 Å². The van der Waals surface area contributed by atoms with Crippen LogP contribution in [0.15, 0.2) is 103 Å². The maximum Gasteiger partial charge on any atom is 0.231 e. The maximum atomic E-state index is 14.1. The van der Waals surface area contributed by atoms with E-state index in [0.717, 1.165) is 46.7 Å². The van der Waals surface area contributed by atoms with Crippen LogP contribution in [0.25, 0.3) is 0 Å². The van der Waals surface area contributed by atoms with Gasteiger partial charge in [-0.2, -0.15) is 0 Å². The first kappa shape index (κ1) is 36.0. The molecule has 0 bridgehead atoms. The van der Waals surface area contributed by atoms with Gasteiger partial charge in [0.25, 0.3) is 0 Å². The number of ether oxygens (including phenoxy) is 1. The molecule has 258 valence electrons. The Labute approximate surface area is 291 Å². The Bertz CT molecular complexity index is 1850. The molecule has 0 amide bonds. The van der Waals surface area contributed by atoms with Gasteiger partial charge in [-0.15, -0.1) is 0 Å². The minimum atomic E-state index is -3.66. The molecule has 3 atom stereocenters. The number of hydrogen-bond acceptors (Lipinski definition) is 6. The molecular formula is C41H47NO6S. The SMILES string of the molecule is COc1cccc(C2(CC[C@@H](O)[C@@H](CC(=O)c3cc(C(=O)C[C@H](C)c4ccccc4)cc(N(C)S(C)(=O)=O)c3)Cc3ccccc3)CC2)c1. The van der Waals surface area contributed by atoms with E-state index < -0.39 is 16.1 Å². The van der Waals surface area contributed by atoms with Crippen LogP contribution < -0.4 is 9.04 Å². The lowest BCUT2D eigenvalue weighted by Crippen LogP contribution is -2.27. The molecule has 4 aromatic carbocycles. The fourth-order valence-corrected chi connectivity index (χ4v) is 7.15. The van der Waals surface area contributed by atoms with Crippen LogP contribution in [0.5, 0.6) is 5.75 Å². The molecule has 1 fully saturated rings. The fourth-order valence-electron chi connectivity index (χ4n) is 6.67. The number of nitrogens with zero attached hydrogens (tertiary/aromatic N) is 1. The normalized spacial score (nSPS) is 15.5. The summed E-state index contributed by atoms with van der Waals surface area (Å²) < 4.78 is 31.6. The topological polar surface area (TPSA) is 101 Å². The van der Waals surface area contributed by atoms with E-state index in [1.807, 2.05) is 79.7 Å². The molecule has 1 N–H and O–H groups in total. The highest BCUT2D eigenvalue weighted by atomic mass is 32.2. The number of carbonyl (C=O) groups is 2. The van der Waals surface area contributed by atoms with Crippen LogP contribution in [0.1, 0.15) is 88.8 Å². The van der Waals surface area contributed by atoms with Gasteiger partial charge in [0.05, 0.1) is 25.2 Å². The van der Waals surface area contributed by atoms with Crippen molar-refractivity contribution in [2.24, 2.45) is 5.92 Å². The first-order chi connectivity index (χ1) is 23.4. The Balaban J connectivity index is 1.39. The maximum absolute atomic E-state index is 14.1. The van der Waals surface area contributed by atoms with Crippen molar-refractivity contribution in [2.45, 2.75) is 69.3 Å². The molecular weight excluding hydrogens is 635 g/mol. The van der Waals surface area contributed by atoms with E-state index in [1.165, 1.54) is 18.7 Å². The lowest BCUT2D eigenvalue weighted by atomic mass is 9.82. The van der Waals surface area contributed by atoms with Crippen LogP contribution in [-0.2, 0) is 21.9 Å². The molecule has 0 unspecified atom stereocenters. The summed E-state index contributed by atoms with van der Waals surface area (Å²) in [4.78, 5) is 27.7. The number of Topliss-reactive ketones (excluding diaryl/α,β-unsaturated/α-hetero) is 2. The second-order valence-electron chi connectivity index (χ2n) is 13.6. The third-order valence-electron chi connectivity index (χ3n) is 10.1. The van der Waals surface area contributed by atoms with Crippen LogP contribution in [0, 0.1) is 5.92 Å². The van der Waals surface area contributed by atoms with E-state index in [2.05, 4.69) is 12.1 Å². The number of carbonyl (C=O) groups excluding carboxylic acids is 2. The van der Waals surface area contributed by atoms with Gasteiger partial charge in [-0.25, -0.2) is 8.42 Å². The van der Waals surface area contributed by atoms with E-state index in [4.69, 9.17) is 4.74 Å². The van der Waals surface area contributed by atoms with Crippen molar-refractivity contribution in [3.05, 3.63) is 131 Å². The van der Waals surface area contributed by atoms with Gasteiger partial charge < -0.3 is 9.84 Å². The van der Waals surface area contributed by atoms with Gasteiger partial charge in [0.2, 0.25) is 10.0 Å². The molecule has 4 aromatic rings. The molecule has 0 aliphatic heterocycles. The minimum Gasteiger partial charge on any atom is -0.497 e. The quantitative estimate of drug-likeness (QED) is 0.114. The molecule has 8 heteroatoms. The van der Waals surface area contributed by atoms with E-state index in [-0.39, 0.29) is 58.5 Å². The minimum absolute atomic E-state index is 0.00641. The Hall–Kier alpha value is -4.27. The summed E-state index contributed by atoms with van der Waals surface area (Å²) in [6.45, 7) is 1.97. The summed E-state index contributed by atoms with van der Waals surface area (Å²) in [7, 11) is -0.590. The van der Waals surface area contributed by atoms with Gasteiger partial charge in [-0.05, 0) is 96.4 Å². The largest absolute Gasteiger partial charge is 0.497 e. The lowest BCUT2D eigenvalue weighted by molar-refractivity contribution is 0.0733.